The van der Waals surface area contributed by atoms with Gasteiger partial charge in [0, 0.05) is 25.7 Å². The summed E-state index contributed by atoms with van der Waals surface area (Å²) in [4.78, 5) is 2.28. The summed E-state index contributed by atoms with van der Waals surface area (Å²) >= 11 is 0. The molecule has 102 valence electrons. The first kappa shape index (κ1) is 15.2. The van der Waals surface area contributed by atoms with Crippen LogP contribution in [0.1, 0.15) is 25.5 Å². The van der Waals surface area contributed by atoms with Gasteiger partial charge in [-0.25, -0.2) is 0 Å². The summed E-state index contributed by atoms with van der Waals surface area (Å²) in [6.45, 7) is 7.75. The van der Waals surface area contributed by atoms with Gasteiger partial charge in [0.1, 0.15) is 0 Å². The molecule has 1 aromatic carbocycles. The first-order chi connectivity index (χ1) is 8.65. The summed E-state index contributed by atoms with van der Waals surface area (Å²) in [6, 6.07) is 10.4. The monoisotopic (exact) mass is 250 g/mol. The van der Waals surface area contributed by atoms with Crippen molar-refractivity contribution in [2.75, 3.05) is 33.4 Å². The standard InChI is InChI=1S/C15H26N2O/c1-4-18-11-10-17(3)12-13(2)15(16)14-8-6-5-7-9-14/h5-9,13,15H,4,10-12,16H2,1-3H3. The largest absolute Gasteiger partial charge is 0.380 e. The number of nitrogens with zero attached hydrogens (tertiary/aromatic N) is 1. The van der Waals surface area contributed by atoms with E-state index in [2.05, 4.69) is 31.0 Å². The highest BCUT2D eigenvalue weighted by molar-refractivity contribution is 5.19. The van der Waals surface area contributed by atoms with Crippen LogP contribution in [-0.4, -0.2) is 38.3 Å². The third-order valence-corrected chi connectivity index (χ3v) is 3.22. The number of rotatable bonds is 8. The predicted molar refractivity (Wildman–Crippen MR) is 76.5 cm³/mol. The van der Waals surface area contributed by atoms with Crippen molar-refractivity contribution < 1.29 is 4.74 Å². The van der Waals surface area contributed by atoms with Gasteiger partial charge in [0.15, 0.2) is 0 Å². The minimum atomic E-state index is 0.0979. The van der Waals surface area contributed by atoms with Crippen molar-refractivity contribution in [3.8, 4) is 0 Å². The van der Waals surface area contributed by atoms with Gasteiger partial charge in [-0.3, -0.25) is 0 Å². The number of likely N-dealkylation sites (N-methyl/N-ethyl adjacent to an activating group) is 1. The second-order valence-corrected chi connectivity index (χ2v) is 4.87. The summed E-state index contributed by atoms with van der Waals surface area (Å²) in [5, 5.41) is 0. The number of ether oxygens (including phenoxy) is 1. The molecule has 0 amide bonds. The molecule has 0 bridgehead atoms. The fourth-order valence-electron chi connectivity index (χ4n) is 2.06. The van der Waals surface area contributed by atoms with Gasteiger partial charge in [0.2, 0.25) is 0 Å². The molecule has 18 heavy (non-hydrogen) atoms. The summed E-state index contributed by atoms with van der Waals surface area (Å²) < 4.78 is 5.36. The maximum Gasteiger partial charge on any atom is 0.0593 e. The summed E-state index contributed by atoms with van der Waals surface area (Å²) in [7, 11) is 2.12. The number of nitrogens with two attached hydrogens (primary N) is 1. The molecule has 0 saturated carbocycles. The van der Waals surface area contributed by atoms with Gasteiger partial charge >= 0.3 is 0 Å². The normalized spacial score (nSPS) is 14.7. The Labute approximate surface area is 111 Å². The lowest BCUT2D eigenvalue weighted by Crippen LogP contribution is -2.33. The quantitative estimate of drug-likeness (QED) is 0.719. The van der Waals surface area contributed by atoms with Crippen LogP contribution in [0.15, 0.2) is 30.3 Å². The Hall–Kier alpha value is -0.900. The average molecular weight is 250 g/mol. The highest BCUT2D eigenvalue weighted by Gasteiger charge is 2.16. The minimum absolute atomic E-state index is 0.0979. The van der Waals surface area contributed by atoms with Gasteiger partial charge in [-0.1, -0.05) is 37.3 Å². The zero-order chi connectivity index (χ0) is 13.4. The van der Waals surface area contributed by atoms with E-state index in [1.165, 1.54) is 5.56 Å². The molecular weight excluding hydrogens is 224 g/mol. The van der Waals surface area contributed by atoms with E-state index in [4.69, 9.17) is 10.5 Å². The predicted octanol–water partition coefficient (Wildman–Crippen LogP) is 2.29. The second kappa shape index (κ2) is 8.25. The Morgan fingerprint density at radius 2 is 1.94 bits per heavy atom. The van der Waals surface area contributed by atoms with Gasteiger partial charge in [0.25, 0.3) is 0 Å². The van der Waals surface area contributed by atoms with E-state index in [0.29, 0.717) is 5.92 Å². The van der Waals surface area contributed by atoms with Crippen molar-refractivity contribution in [2.45, 2.75) is 19.9 Å². The molecule has 0 heterocycles. The van der Waals surface area contributed by atoms with Crippen molar-refractivity contribution in [3.63, 3.8) is 0 Å². The van der Waals surface area contributed by atoms with Gasteiger partial charge in [-0.05, 0) is 25.5 Å². The number of hydrogen-bond donors (Lipinski definition) is 1. The summed E-state index contributed by atoms with van der Waals surface area (Å²) in [6.07, 6.45) is 0. The fourth-order valence-corrected chi connectivity index (χ4v) is 2.06. The van der Waals surface area contributed by atoms with Crippen molar-refractivity contribution in [3.05, 3.63) is 35.9 Å². The van der Waals surface area contributed by atoms with E-state index in [9.17, 15) is 0 Å². The molecular formula is C15H26N2O. The lowest BCUT2D eigenvalue weighted by atomic mass is 9.95. The molecule has 0 spiro atoms. The topological polar surface area (TPSA) is 38.5 Å². The number of hydrogen-bond acceptors (Lipinski definition) is 3. The third-order valence-electron chi connectivity index (χ3n) is 3.22. The van der Waals surface area contributed by atoms with E-state index >= 15 is 0 Å². The zero-order valence-corrected chi connectivity index (χ0v) is 11.8. The Morgan fingerprint density at radius 1 is 1.28 bits per heavy atom. The van der Waals surface area contributed by atoms with Crippen LogP contribution < -0.4 is 5.73 Å². The van der Waals surface area contributed by atoms with Gasteiger partial charge in [0.05, 0.1) is 6.61 Å². The lowest BCUT2D eigenvalue weighted by molar-refractivity contribution is 0.116. The molecule has 3 heteroatoms. The molecule has 0 radical (unpaired) electrons. The van der Waals surface area contributed by atoms with Crippen molar-refractivity contribution in [2.24, 2.45) is 11.7 Å². The van der Waals surface area contributed by atoms with Crippen LogP contribution in [0, 0.1) is 5.92 Å². The highest BCUT2D eigenvalue weighted by atomic mass is 16.5. The van der Waals surface area contributed by atoms with Gasteiger partial charge in [-0.2, -0.15) is 0 Å². The molecule has 0 aliphatic rings. The van der Waals surface area contributed by atoms with Crippen molar-refractivity contribution in [1.82, 2.24) is 4.90 Å². The molecule has 0 aliphatic carbocycles. The fraction of sp³-hybridized carbons (Fsp3) is 0.600. The maximum atomic E-state index is 6.28. The van der Waals surface area contributed by atoms with Crippen LogP contribution in [0.4, 0.5) is 0 Å². The van der Waals surface area contributed by atoms with Crippen molar-refractivity contribution >= 4 is 0 Å². The van der Waals surface area contributed by atoms with E-state index in [-0.39, 0.29) is 6.04 Å². The second-order valence-electron chi connectivity index (χ2n) is 4.87. The van der Waals surface area contributed by atoms with Crippen LogP contribution >= 0.6 is 0 Å². The van der Waals surface area contributed by atoms with Crippen LogP contribution in [0.25, 0.3) is 0 Å². The lowest BCUT2D eigenvalue weighted by Gasteiger charge is -2.25. The van der Waals surface area contributed by atoms with Crippen LogP contribution in [-0.2, 0) is 4.74 Å². The van der Waals surface area contributed by atoms with Crippen LogP contribution in [0.5, 0.6) is 0 Å². The molecule has 2 atom stereocenters. The first-order valence-corrected chi connectivity index (χ1v) is 6.72. The molecule has 0 aliphatic heterocycles. The zero-order valence-electron chi connectivity index (χ0n) is 11.8. The Kier molecular flexibility index (Phi) is 6.94. The summed E-state index contributed by atoms with van der Waals surface area (Å²) in [5.74, 6) is 0.430. The SMILES string of the molecule is CCOCCN(C)CC(C)C(N)c1ccccc1. The Balaban J connectivity index is 2.37. The Morgan fingerprint density at radius 3 is 2.56 bits per heavy atom. The van der Waals surface area contributed by atoms with E-state index in [1.54, 1.807) is 0 Å². The molecule has 2 N–H and O–H groups in total. The molecule has 1 rings (SSSR count). The maximum absolute atomic E-state index is 6.28. The Bertz CT molecular complexity index is 316. The van der Waals surface area contributed by atoms with E-state index < -0.39 is 0 Å². The highest BCUT2D eigenvalue weighted by Crippen LogP contribution is 2.19. The minimum Gasteiger partial charge on any atom is -0.380 e. The van der Waals surface area contributed by atoms with Crippen molar-refractivity contribution in [1.29, 1.82) is 0 Å². The summed E-state index contributed by atoms with van der Waals surface area (Å²) in [5.41, 5.74) is 7.50. The third kappa shape index (κ3) is 5.17. The molecule has 0 aromatic heterocycles. The van der Waals surface area contributed by atoms with Gasteiger partial charge < -0.3 is 15.4 Å². The van der Waals surface area contributed by atoms with E-state index in [1.807, 2.05) is 25.1 Å². The average Bonchev–Trinajstić information content (AvgIpc) is 2.39. The molecule has 3 nitrogen and oxygen atoms in total. The smallest absolute Gasteiger partial charge is 0.0593 e. The number of benzene rings is 1. The molecule has 2 unspecified atom stereocenters. The first-order valence-electron chi connectivity index (χ1n) is 6.72. The van der Waals surface area contributed by atoms with Crippen LogP contribution in [0.3, 0.4) is 0 Å². The molecule has 1 aromatic rings. The molecule has 0 saturated heterocycles. The molecule has 0 fully saturated rings. The van der Waals surface area contributed by atoms with E-state index in [0.717, 1.165) is 26.3 Å². The van der Waals surface area contributed by atoms with Gasteiger partial charge in [-0.15, -0.1) is 0 Å². The van der Waals surface area contributed by atoms with Crippen LogP contribution in [0.2, 0.25) is 0 Å².